The van der Waals surface area contributed by atoms with Gasteiger partial charge in [-0.15, -0.1) is 0 Å². The molecule has 7 heteroatoms. The van der Waals surface area contributed by atoms with Gasteiger partial charge in [-0.3, -0.25) is 4.79 Å². The molecule has 102 valence electrons. The van der Waals surface area contributed by atoms with E-state index in [9.17, 15) is 9.59 Å². The van der Waals surface area contributed by atoms with E-state index < -0.39 is 29.8 Å². The zero-order valence-electron chi connectivity index (χ0n) is 11.3. The van der Waals surface area contributed by atoms with Gasteiger partial charge in [-0.05, 0) is 27.7 Å². The van der Waals surface area contributed by atoms with E-state index in [1.54, 1.807) is 0 Å². The number of nitrogens with one attached hydrogen (secondary N) is 1. The van der Waals surface area contributed by atoms with Crippen LogP contribution in [0.3, 0.4) is 0 Å². The molecule has 1 aliphatic heterocycles. The molecule has 0 bridgehead atoms. The largest absolute Gasteiger partial charge is 0.497 e. The van der Waals surface area contributed by atoms with Gasteiger partial charge in [0.2, 0.25) is 5.56 Å². The fourth-order valence-electron chi connectivity index (χ4n) is 1.83. The Morgan fingerprint density at radius 3 is 2.26 bits per heavy atom. The van der Waals surface area contributed by atoms with Crippen LogP contribution in [-0.2, 0) is 9.31 Å². The Morgan fingerprint density at radius 1 is 1.26 bits per heavy atom. The lowest BCUT2D eigenvalue weighted by molar-refractivity contribution is 0.00578. The second-order valence-corrected chi connectivity index (χ2v) is 5.56. The maximum Gasteiger partial charge on any atom is 0.497 e. The quantitative estimate of drug-likeness (QED) is 0.754. The second kappa shape index (κ2) is 4.21. The first-order chi connectivity index (χ1) is 8.64. The molecule has 1 aliphatic rings. The Bertz CT molecular complexity index is 562. The second-order valence-electron chi connectivity index (χ2n) is 5.56. The molecule has 2 heterocycles. The molecule has 0 unspecified atom stereocenters. The molecule has 0 saturated carbocycles. The summed E-state index contributed by atoms with van der Waals surface area (Å²) >= 11 is 0. The summed E-state index contributed by atoms with van der Waals surface area (Å²) < 4.78 is 11.5. The van der Waals surface area contributed by atoms with Crippen molar-refractivity contribution >= 4 is 18.6 Å². The molecule has 2 N–H and O–H groups in total. The Labute approximate surface area is 110 Å². The van der Waals surface area contributed by atoms with Gasteiger partial charge in [0.05, 0.1) is 16.8 Å². The molecular formula is C12H16BNO5. The lowest BCUT2D eigenvalue weighted by Crippen LogP contribution is -2.41. The molecule has 19 heavy (non-hydrogen) atoms. The van der Waals surface area contributed by atoms with Gasteiger partial charge >= 0.3 is 13.1 Å². The zero-order valence-corrected chi connectivity index (χ0v) is 11.3. The molecule has 2 rings (SSSR count). The summed E-state index contributed by atoms with van der Waals surface area (Å²) in [6, 6.07) is 1.03. The van der Waals surface area contributed by atoms with Crippen LogP contribution in [-0.4, -0.2) is 34.4 Å². The average molecular weight is 265 g/mol. The Hall–Kier alpha value is -1.60. The van der Waals surface area contributed by atoms with E-state index in [1.807, 2.05) is 27.7 Å². The predicted molar refractivity (Wildman–Crippen MR) is 69.7 cm³/mol. The number of aromatic carboxylic acids is 1. The van der Waals surface area contributed by atoms with Gasteiger partial charge in [0, 0.05) is 17.7 Å². The molecule has 0 aliphatic carbocycles. The van der Waals surface area contributed by atoms with Crippen LogP contribution in [0.1, 0.15) is 38.1 Å². The SMILES string of the molecule is CC1(C)OB(c2c[nH]c(=O)cc2C(=O)O)OC1(C)C. The van der Waals surface area contributed by atoms with Gasteiger partial charge in [-0.1, -0.05) is 0 Å². The van der Waals surface area contributed by atoms with Crippen molar-refractivity contribution in [1.29, 1.82) is 0 Å². The summed E-state index contributed by atoms with van der Waals surface area (Å²) in [5.41, 5.74) is -1.40. The molecule has 0 amide bonds. The summed E-state index contributed by atoms with van der Waals surface area (Å²) in [5.74, 6) is -1.18. The summed E-state index contributed by atoms with van der Waals surface area (Å²) in [5, 5.41) is 9.15. The third-order valence-electron chi connectivity index (χ3n) is 3.69. The van der Waals surface area contributed by atoms with Crippen molar-refractivity contribution in [2.45, 2.75) is 38.9 Å². The van der Waals surface area contributed by atoms with Gasteiger partial charge in [0.25, 0.3) is 0 Å². The number of hydrogen-bond acceptors (Lipinski definition) is 4. The topological polar surface area (TPSA) is 88.6 Å². The van der Waals surface area contributed by atoms with Crippen molar-refractivity contribution in [3.8, 4) is 0 Å². The Balaban J connectivity index is 2.45. The highest BCUT2D eigenvalue weighted by atomic mass is 16.7. The molecule has 1 aromatic heterocycles. The smallest absolute Gasteiger partial charge is 0.478 e. The number of pyridine rings is 1. The van der Waals surface area contributed by atoms with Crippen LogP contribution >= 0.6 is 0 Å². The van der Waals surface area contributed by atoms with Crippen molar-refractivity contribution in [2.24, 2.45) is 0 Å². The fraction of sp³-hybridized carbons (Fsp3) is 0.500. The number of carboxylic acid groups (broad SMARTS) is 1. The van der Waals surface area contributed by atoms with Crippen molar-refractivity contribution in [1.82, 2.24) is 4.98 Å². The number of hydrogen-bond donors (Lipinski definition) is 2. The van der Waals surface area contributed by atoms with Crippen LogP contribution in [0.15, 0.2) is 17.1 Å². The highest BCUT2D eigenvalue weighted by Crippen LogP contribution is 2.36. The predicted octanol–water partition coefficient (Wildman–Crippen LogP) is 0.372. The van der Waals surface area contributed by atoms with E-state index in [0.717, 1.165) is 6.07 Å². The first-order valence-corrected chi connectivity index (χ1v) is 5.95. The van der Waals surface area contributed by atoms with E-state index in [0.29, 0.717) is 5.46 Å². The van der Waals surface area contributed by atoms with Crippen LogP contribution < -0.4 is 11.0 Å². The third-order valence-corrected chi connectivity index (χ3v) is 3.69. The minimum absolute atomic E-state index is 0.109. The van der Waals surface area contributed by atoms with Crippen molar-refractivity contribution in [3.63, 3.8) is 0 Å². The molecule has 0 atom stereocenters. The number of rotatable bonds is 2. The summed E-state index contributed by atoms with van der Waals surface area (Å²) in [6.07, 6.45) is 1.33. The molecule has 1 saturated heterocycles. The minimum atomic E-state index is -1.18. The van der Waals surface area contributed by atoms with E-state index in [-0.39, 0.29) is 5.56 Å². The summed E-state index contributed by atoms with van der Waals surface area (Å²) in [7, 11) is -0.812. The lowest BCUT2D eigenvalue weighted by Gasteiger charge is -2.32. The molecule has 6 nitrogen and oxygen atoms in total. The normalized spacial score (nSPS) is 20.5. The third kappa shape index (κ3) is 2.31. The number of aromatic amines is 1. The lowest BCUT2D eigenvalue weighted by atomic mass is 9.77. The molecular weight excluding hydrogens is 249 g/mol. The molecule has 1 aromatic rings. The minimum Gasteiger partial charge on any atom is -0.478 e. The van der Waals surface area contributed by atoms with Crippen LogP contribution in [0, 0.1) is 0 Å². The highest BCUT2D eigenvalue weighted by molar-refractivity contribution is 6.63. The van der Waals surface area contributed by atoms with Crippen molar-refractivity contribution < 1.29 is 19.2 Å². The first kappa shape index (κ1) is 13.8. The standard InChI is InChI=1S/C12H16BNO5/c1-11(2)12(3,4)19-13(18-11)8-6-14-9(15)5-7(8)10(16)17/h5-6H,1-4H3,(H,14,15)(H,16,17). The number of aromatic nitrogens is 1. The van der Waals surface area contributed by atoms with Crippen LogP contribution in [0.4, 0.5) is 0 Å². The zero-order chi connectivity index (χ0) is 14.4. The van der Waals surface area contributed by atoms with Crippen molar-refractivity contribution in [2.75, 3.05) is 0 Å². The Morgan fingerprint density at radius 2 is 1.79 bits per heavy atom. The van der Waals surface area contributed by atoms with E-state index in [2.05, 4.69) is 4.98 Å². The molecule has 0 spiro atoms. The molecule has 0 aromatic carbocycles. The van der Waals surface area contributed by atoms with Gasteiger partial charge < -0.3 is 19.4 Å². The maximum atomic E-state index is 11.2. The first-order valence-electron chi connectivity index (χ1n) is 5.95. The van der Waals surface area contributed by atoms with Crippen LogP contribution in [0.2, 0.25) is 0 Å². The number of H-pyrrole nitrogens is 1. The molecule has 1 fully saturated rings. The number of carboxylic acids is 1. The van der Waals surface area contributed by atoms with Gasteiger partial charge in [0.15, 0.2) is 0 Å². The monoisotopic (exact) mass is 265 g/mol. The highest BCUT2D eigenvalue weighted by Gasteiger charge is 2.52. The van der Waals surface area contributed by atoms with Gasteiger partial charge in [-0.25, -0.2) is 4.79 Å². The maximum absolute atomic E-state index is 11.2. The average Bonchev–Trinajstić information content (AvgIpc) is 2.47. The van der Waals surface area contributed by atoms with Crippen molar-refractivity contribution in [3.05, 3.63) is 28.2 Å². The van der Waals surface area contributed by atoms with Gasteiger partial charge in [-0.2, -0.15) is 0 Å². The van der Waals surface area contributed by atoms with Gasteiger partial charge in [0.1, 0.15) is 0 Å². The van der Waals surface area contributed by atoms with E-state index in [4.69, 9.17) is 14.4 Å². The van der Waals surface area contributed by atoms with Crippen LogP contribution in [0.5, 0.6) is 0 Å². The Kier molecular flexibility index (Phi) is 3.06. The molecule has 0 radical (unpaired) electrons. The van der Waals surface area contributed by atoms with E-state index >= 15 is 0 Å². The summed E-state index contributed by atoms with van der Waals surface area (Å²) in [6.45, 7) is 7.50. The van der Waals surface area contributed by atoms with E-state index in [1.165, 1.54) is 6.20 Å². The summed E-state index contributed by atoms with van der Waals surface area (Å²) in [4.78, 5) is 24.9. The number of carbonyl (C=O) groups is 1. The van der Waals surface area contributed by atoms with Crippen LogP contribution in [0.25, 0.3) is 0 Å². The fourth-order valence-corrected chi connectivity index (χ4v) is 1.83.